The molecule has 1 aromatic rings. The van der Waals surface area contributed by atoms with Crippen LogP contribution in [0.4, 0.5) is 0 Å². The van der Waals surface area contributed by atoms with E-state index in [1.165, 1.54) is 56.9 Å². The topological polar surface area (TPSA) is 20.2 Å². The summed E-state index contributed by atoms with van der Waals surface area (Å²) in [7, 11) is 0. The second kappa shape index (κ2) is 12.0. The Bertz CT molecular complexity index is 596. The average molecular weight is 367 g/mol. The van der Waals surface area contributed by atoms with E-state index < -0.39 is 5.60 Å². The standard InChI is InChI=1S/C26H38O/c1-3-4-5-6-13-22-26(2,27)25(20-18-23-14-9-7-10-15-23)21-19-24-16-11-8-12-17-24/h7,9-10,13-15,22,24-25,27H,3-6,8,11-12,16-18,20H2,1-2H3/b22-13+. The zero-order valence-corrected chi connectivity index (χ0v) is 17.4. The lowest BCUT2D eigenvalue weighted by Crippen LogP contribution is -2.32. The molecule has 148 valence electrons. The molecular weight excluding hydrogens is 328 g/mol. The van der Waals surface area contributed by atoms with Crippen molar-refractivity contribution in [1.29, 1.82) is 0 Å². The number of aliphatic hydroxyl groups is 1. The first-order chi connectivity index (χ1) is 13.1. The first kappa shape index (κ1) is 21.8. The van der Waals surface area contributed by atoms with Gasteiger partial charge in [0, 0.05) is 5.92 Å². The van der Waals surface area contributed by atoms with Crippen LogP contribution in [-0.4, -0.2) is 10.7 Å². The Balaban J connectivity index is 2.03. The fraction of sp³-hybridized carbons (Fsp3) is 0.615. The first-order valence-electron chi connectivity index (χ1n) is 11.1. The molecule has 2 unspecified atom stereocenters. The van der Waals surface area contributed by atoms with Crippen LogP contribution in [0, 0.1) is 23.7 Å². The van der Waals surface area contributed by atoms with Gasteiger partial charge in [0.2, 0.25) is 0 Å². The Hall–Kier alpha value is -1.52. The monoisotopic (exact) mass is 366 g/mol. The Morgan fingerprint density at radius 1 is 1.15 bits per heavy atom. The van der Waals surface area contributed by atoms with Crippen LogP contribution >= 0.6 is 0 Å². The molecule has 0 heterocycles. The van der Waals surface area contributed by atoms with E-state index in [9.17, 15) is 5.11 Å². The molecule has 0 aromatic heterocycles. The predicted molar refractivity (Wildman–Crippen MR) is 117 cm³/mol. The molecule has 1 N–H and O–H groups in total. The van der Waals surface area contributed by atoms with E-state index >= 15 is 0 Å². The Kier molecular flexibility index (Phi) is 9.71. The van der Waals surface area contributed by atoms with Gasteiger partial charge >= 0.3 is 0 Å². The summed E-state index contributed by atoms with van der Waals surface area (Å²) in [4.78, 5) is 0. The number of rotatable bonds is 9. The SMILES string of the molecule is CCCCC/C=C/C(C)(O)C(C#CC1CCCCC1)CCc1ccccc1. The molecule has 1 nitrogen and oxygen atoms in total. The van der Waals surface area contributed by atoms with Gasteiger partial charge in [0.15, 0.2) is 0 Å². The lowest BCUT2D eigenvalue weighted by Gasteiger charge is -2.27. The highest BCUT2D eigenvalue weighted by Crippen LogP contribution is 2.27. The Morgan fingerprint density at radius 3 is 2.59 bits per heavy atom. The van der Waals surface area contributed by atoms with Gasteiger partial charge in [-0.25, -0.2) is 0 Å². The van der Waals surface area contributed by atoms with Crippen molar-refractivity contribution in [2.24, 2.45) is 11.8 Å². The van der Waals surface area contributed by atoms with E-state index in [2.05, 4.69) is 55.2 Å². The van der Waals surface area contributed by atoms with Crippen LogP contribution in [0.5, 0.6) is 0 Å². The zero-order chi connectivity index (χ0) is 19.4. The van der Waals surface area contributed by atoms with E-state index in [0.29, 0.717) is 5.92 Å². The second-order valence-corrected chi connectivity index (χ2v) is 8.32. The molecule has 1 fully saturated rings. The van der Waals surface area contributed by atoms with Crippen LogP contribution in [0.2, 0.25) is 0 Å². The van der Waals surface area contributed by atoms with E-state index in [1.807, 2.05) is 13.0 Å². The van der Waals surface area contributed by atoms with Crippen molar-refractivity contribution in [3.05, 3.63) is 48.0 Å². The van der Waals surface area contributed by atoms with Crippen LogP contribution in [0.25, 0.3) is 0 Å². The summed E-state index contributed by atoms with van der Waals surface area (Å²) >= 11 is 0. The molecule has 27 heavy (non-hydrogen) atoms. The van der Waals surface area contributed by atoms with Gasteiger partial charge in [-0.2, -0.15) is 0 Å². The molecule has 0 bridgehead atoms. The van der Waals surface area contributed by atoms with Crippen molar-refractivity contribution in [2.75, 3.05) is 0 Å². The molecular formula is C26H38O. The maximum atomic E-state index is 11.1. The van der Waals surface area contributed by atoms with Gasteiger partial charge < -0.3 is 5.11 Å². The molecule has 2 atom stereocenters. The molecule has 0 spiro atoms. The number of unbranched alkanes of at least 4 members (excludes halogenated alkanes) is 3. The van der Waals surface area contributed by atoms with E-state index in [0.717, 1.165) is 19.3 Å². The van der Waals surface area contributed by atoms with E-state index in [1.54, 1.807) is 0 Å². The number of hydrogen-bond acceptors (Lipinski definition) is 1. The summed E-state index contributed by atoms with van der Waals surface area (Å²) in [6.45, 7) is 4.16. The summed E-state index contributed by atoms with van der Waals surface area (Å²) in [5.41, 5.74) is 0.465. The molecule has 1 aliphatic rings. The van der Waals surface area contributed by atoms with Gasteiger partial charge in [-0.3, -0.25) is 0 Å². The third kappa shape index (κ3) is 8.35. The van der Waals surface area contributed by atoms with Crippen molar-refractivity contribution in [3.8, 4) is 11.8 Å². The van der Waals surface area contributed by atoms with Crippen LogP contribution in [0.3, 0.4) is 0 Å². The maximum absolute atomic E-state index is 11.1. The smallest absolute Gasteiger partial charge is 0.0936 e. The summed E-state index contributed by atoms with van der Waals surface area (Å²) < 4.78 is 0. The lowest BCUT2D eigenvalue weighted by molar-refractivity contribution is 0.0671. The fourth-order valence-corrected chi connectivity index (χ4v) is 3.88. The first-order valence-corrected chi connectivity index (χ1v) is 11.1. The minimum absolute atomic E-state index is 0.0120. The number of benzene rings is 1. The van der Waals surface area contributed by atoms with Crippen LogP contribution in [-0.2, 0) is 6.42 Å². The molecule has 1 heteroatoms. The van der Waals surface area contributed by atoms with Crippen molar-refractivity contribution in [2.45, 2.75) is 90.1 Å². The number of aryl methyl sites for hydroxylation is 1. The van der Waals surface area contributed by atoms with E-state index in [4.69, 9.17) is 0 Å². The van der Waals surface area contributed by atoms with E-state index in [-0.39, 0.29) is 5.92 Å². The van der Waals surface area contributed by atoms with Crippen LogP contribution < -0.4 is 0 Å². The van der Waals surface area contributed by atoms with Gasteiger partial charge in [0.1, 0.15) is 0 Å². The van der Waals surface area contributed by atoms with Crippen molar-refractivity contribution in [3.63, 3.8) is 0 Å². The molecule has 2 rings (SSSR count). The van der Waals surface area contributed by atoms with Gasteiger partial charge in [-0.1, -0.05) is 93.4 Å². The molecule has 1 aromatic carbocycles. The lowest BCUT2D eigenvalue weighted by atomic mass is 9.83. The van der Waals surface area contributed by atoms with Gasteiger partial charge in [-0.15, -0.1) is 0 Å². The minimum Gasteiger partial charge on any atom is -0.385 e. The molecule has 0 saturated heterocycles. The van der Waals surface area contributed by atoms with Crippen LogP contribution in [0.1, 0.15) is 83.6 Å². The molecule has 0 radical (unpaired) electrons. The zero-order valence-electron chi connectivity index (χ0n) is 17.4. The Labute approximate surface area is 167 Å². The van der Waals surface area contributed by atoms with Crippen molar-refractivity contribution < 1.29 is 5.11 Å². The molecule has 0 amide bonds. The highest BCUT2D eigenvalue weighted by molar-refractivity contribution is 5.19. The summed E-state index contributed by atoms with van der Waals surface area (Å²) in [6, 6.07) is 10.6. The highest BCUT2D eigenvalue weighted by atomic mass is 16.3. The quantitative estimate of drug-likeness (QED) is 0.293. The normalized spacial score (nSPS) is 18.6. The van der Waals surface area contributed by atoms with Crippen molar-refractivity contribution >= 4 is 0 Å². The summed E-state index contributed by atoms with van der Waals surface area (Å²) in [5, 5.41) is 11.1. The number of allylic oxidation sites excluding steroid dienone is 1. The fourth-order valence-electron chi connectivity index (χ4n) is 3.88. The molecule has 1 aliphatic carbocycles. The van der Waals surface area contributed by atoms with Gasteiger partial charge in [-0.05, 0) is 51.0 Å². The Morgan fingerprint density at radius 2 is 1.89 bits per heavy atom. The average Bonchev–Trinajstić information content (AvgIpc) is 2.69. The highest BCUT2D eigenvalue weighted by Gasteiger charge is 2.27. The third-order valence-electron chi connectivity index (χ3n) is 5.77. The van der Waals surface area contributed by atoms with Gasteiger partial charge in [0.05, 0.1) is 11.5 Å². The minimum atomic E-state index is -0.858. The molecule has 0 aliphatic heterocycles. The molecule has 1 saturated carbocycles. The maximum Gasteiger partial charge on any atom is 0.0936 e. The number of hydrogen-bond donors (Lipinski definition) is 1. The largest absolute Gasteiger partial charge is 0.385 e. The summed E-state index contributed by atoms with van der Waals surface area (Å²) in [6.07, 6.45) is 17.2. The van der Waals surface area contributed by atoms with Gasteiger partial charge in [0.25, 0.3) is 0 Å². The van der Waals surface area contributed by atoms with Crippen LogP contribution in [0.15, 0.2) is 42.5 Å². The summed E-state index contributed by atoms with van der Waals surface area (Å²) in [5.74, 6) is 7.55. The predicted octanol–water partition coefficient (Wildman–Crippen LogP) is 6.71. The third-order valence-corrected chi connectivity index (χ3v) is 5.77. The van der Waals surface area contributed by atoms with Crippen molar-refractivity contribution in [1.82, 2.24) is 0 Å². The second-order valence-electron chi connectivity index (χ2n) is 8.32.